The molecule has 1 heterocycles. The molecule has 1 aromatic carbocycles. The Kier molecular flexibility index (Phi) is 5.89. The van der Waals surface area contributed by atoms with Gasteiger partial charge in [-0.25, -0.2) is 0 Å². The standard InChI is InChI=1S/C18H21N3O3/c1-4-21(5-2)18(23)14-9-13(11-19-12-14)17(22)20-15-7-6-8-16(10-15)24-3/h6-12H,4-5H2,1-3H3,(H,20,22). The van der Waals surface area contributed by atoms with E-state index < -0.39 is 0 Å². The first-order chi connectivity index (χ1) is 11.6. The maximum atomic E-state index is 12.4. The van der Waals surface area contributed by atoms with Crippen LogP contribution in [0.1, 0.15) is 34.6 Å². The van der Waals surface area contributed by atoms with E-state index in [1.54, 1.807) is 42.3 Å². The van der Waals surface area contributed by atoms with Gasteiger partial charge in [0.15, 0.2) is 0 Å². The average Bonchev–Trinajstić information content (AvgIpc) is 2.63. The summed E-state index contributed by atoms with van der Waals surface area (Å²) in [6, 6.07) is 8.62. The van der Waals surface area contributed by atoms with Crippen molar-refractivity contribution in [3.05, 3.63) is 53.9 Å². The monoisotopic (exact) mass is 327 g/mol. The Morgan fingerprint density at radius 2 is 1.83 bits per heavy atom. The zero-order valence-electron chi connectivity index (χ0n) is 14.1. The summed E-state index contributed by atoms with van der Waals surface area (Å²) in [6.07, 6.45) is 2.91. The molecule has 2 rings (SSSR count). The lowest BCUT2D eigenvalue weighted by atomic mass is 10.1. The molecule has 0 atom stereocenters. The third-order valence-electron chi connectivity index (χ3n) is 3.63. The van der Waals surface area contributed by atoms with E-state index in [-0.39, 0.29) is 11.8 Å². The van der Waals surface area contributed by atoms with Gasteiger partial charge >= 0.3 is 0 Å². The maximum Gasteiger partial charge on any atom is 0.257 e. The summed E-state index contributed by atoms with van der Waals surface area (Å²) in [5, 5.41) is 2.77. The van der Waals surface area contributed by atoms with Crippen LogP contribution in [-0.2, 0) is 0 Å². The summed E-state index contributed by atoms with van der Waals surface area (Å²) in [6.45, 7) is 5.04. The highest BCUT2D eigenvalue weighted by Crippen LogP contribution is 2.17. The highest BCUT2D eigenvalue weighted by Gasteiger charge is 2.15. The van der Waals surface area contributed by atoms with Gasteiger partial charge in [-0.05, 0) is 32.0 Å². The van der Waals surface area contributed by atoms with E-state index in [0.717, 1.165) is 0 Å². The molecule has 6 heteroatoms. The minimum absolute atomic E-state index is 0.136. The number of nitrogens with zero attached hydrogens (tertiary/aromatic N) is 2. The van der Waals surface area contributed by atoms with E-state index in [2.05, 4.69) is 10.3 Å². The lowest BCUT2D eigenvalue weighted by Crippen LogP contribution is -2.30. The number of benzene rings is 1. The Bertz CT molecular complexity index is 727. The summed E-state index contributed by atoms with van der Waals surface area (Å²) in [5.41, 5.74) is 1.34. The van der Waals surface area contributed by atoms with Crippen LogP contribution in [0.3, 0.4) is 0 Å². The largest absolute Gasteiger partial charge is 0.497 e. The second kappa shape index (κ2) is 8.10. The van der Waals surface area contributed by atoms with Gasteiger partial charge in [-0.2, -0.15) is 0 Å². The Morgan fingerprint density at radius 1 is 1.12 bits per heavy atom. The summed E-state index contributed by atoms with van der Waals surface area (Å²) in [5.74, 6) is 0.185. The van der Waals surface area contributed by atoms with Gasteiger partial charge in [0, 0.05) is 37.2 Å². The van der Waals surface area contributed by atoms with E-state index in [9.17, 15) is 9.59 Å². The second-order valence-electron chi connectivity index (χ2n) is 5.13. The number of methoxy groups -OCH3 is 1. The third kappa shape index (κ3) is 4.10. The first-order valence-corrected chi connectivity index (χ1v) is 7.78. The topological polar surface area (TPSA) is 71.5 Å². The van der Waals surface area contributed by atoms with Gasteiger partial charge in [-0.1, -0.05) is 6.07 Å². The van der Waals surface area contributed by atoms with E-state index in [1.165, 1.54) is 12.4 Å². The fourth-order valence-electron chi connectivity index (χ4n) is 2.28. The molecule has 0 saturated carbocycles. The van der Waals surface area contributed by atoms with Crippen molar-refractivity contribution < 1.29 is 14.3 Å². The van der Waals surface area contributed by atoms with Gasteiger partial charge in [-0.3, -0.25) is 14.6 Å². The van der Waals surface area contributed by atoms with Crippen molar-refractivity contribution in [2.75, 3.05) is 25.5 Å². The van der Waals surface area contributed by atoms with Crippen LogP contribution in [0.5, 0.6) is 5.75 Å². The summed E-state index contributed by atoms with van der Waals surface area (Å²) in [4.78, 5) is 30.4. The number of nitrogens with one attached hydrogen (secondary N) is 1. The molecule has 0 aliphatic rings. The van der Waals surface area contributed by atoms with Crippen molar-refractivity contribution in [2.24, 2.45) is 0 Å². The molecule has 0 saturated heterocycles. The molecule has 2 amide bonds. The predicted octanol–water partition coefficient (Wildman–Crippen LogP) is 2.82. The van der Waals surface area contributed by atoms with E-state index in [0.29, 0.717) is 35.7 Å². The van der Waals surface area contributed by atoms with Crippen LogP contribution in [0.25, 0.3) is 0 Å². The molecule has 0 bridgehead atoms. The van der Waals surface area contributed by atoms with Crippen LogP contribution in [0.2, 0.25) is 0 Å². The molecular formula is C18H21N3O3. The lowest BCUT2D eigenvalue weighted by molar-refractivity contribution is 0.0772. The molecule has 6 nitrogen and oxygen atoms in total. The molecule has 0 fully saturated rings. The van der Waals surface area contributed by atoms with Gasteiger partial charge in [0.2, 0.25) is 0 Å². The summed E-state index contributed by atoms with van der Waals surface area (Å²) in [7, 11) is 1.56. The van der Waals surface area contributed by atoms with Crippen LogP contribution in [0.4, 0.5) is 5.69 Å². The second-order valence-corrected chi connectivity index (χ2v) is 5.13. The highest BCUT2D eigenvalue weighted by molar-refractivity contribution is 6.05. The number of hydrogen-bond acceptors (Lipinski definition) is 4. The Balaban J connectivity index is 2.18. The van der Waals surface area contributed by atoms with Crippen molar-refractivity contribution in [1.29, 1.82) is 0 Å². The SMILES string of the molecule is CCN(CC)C(=O)c1cncc(C(=O)Nc2cccc(OC)c2)c1. The molecule has 0 radical (unpaired) electrons. The zero-order valence-corrected chi connectivity index (χ0v) is 14.1. The molecule has 24 heavy (non-hydrogen) atoms. The van der Waals surface area contributed by atoms with Gasteiger partial charge in [0.1, 0.15) is 5.75 Å². The molecule has 0 unspecified atom stereocenters. The normalized spacial score (nSPS) is 10.1. The van der Waals surface area contributed by atoms with Gasteiger partial charge in [0.25, 0.3) is 11.8 Å². The smallest absolute Gasteiger partial charge is 0.257 e. The fourth-order valence-corrected chi connectivity index (χ4v) is 2.28. The molecule has 1 N–H and O–H groups in total. The minimum atomic E-state index is -0.329. The first kappa shape index (κ1) is 17.5. The van der Waals surface area contributed by atoms with Crippen LogP contribution >= 0.6 is 0 Å². The van der Waals surface area contributed by atoms with Crippen molar-refractivity contribution in [3.63, 3.8) is 0 Å². The van der Waals surface area contributed by atoms with Crippen LogP contribution in [-0.4, -0.2) is 41.9 Å². The summed E-state index contributed by atoms with van der Waals surface area (Å²) < 4.78 is 5.13. The Morgan fingerprint density at radius 3 is 2.50 bits per heavy atom. The number of aromatic nitrogens is 1. The molecule has 1 aromatic heterocycles. The van der Waals surface area contributed by atoms with Gasteiger partial charge in [-0.15, -0.1) is 0 Å². The van der Waals surface area contributed by atoms with E-state index in [4.69, 9.17) is 4.74 Å². The molecule has 0 aliphatic heterocycles. The van der Waals surface area contributed by atoms with Gasteiger partial charge < -0.3 is 15.0 Å². The van der Waals surface area contributed by atoms with Crippen LogP contribution in [0, 0.1) is 0 Å². The highest BCUT2D eigenvalue weighted by atomic mass is 16.5. The third-order valence-corrected chi connectivity index (χ3v) is 3.63. The van der Waals surface area contributed by atoms with E-state index in [1.807, 2.05) is 13.8 Å². The Hall–Kier alpha value is -2.89. The van der Waals surface area contributed by atoms with Crippen LogP contribution < -0.4 is 10.1 Å². The average molecular weight is 327 g/mol. The quantitative estimate of drug-likeness (QED) is 0.885. The number of rotatable bonds is 6. The molecule has 126 valence electrons. The number of carbonyl (C=O) groups excluding carboxylic acids is 2. The Labute approximate surface area is 141 Å². The molecular weight excluding hydrogens is 306 g/mol. The van der Waals surface area contributed by atoms with Gasteiger partial charge in [0.05, 0.1) is 18.2 Å². The molecule has 0 aliphatic carbocycles. The number of ether oxygens (including phenoxy) is 1. The minimum Gasteiger partial charge on any atom is -0.497 e. The number of hydrogen-bond donors (Lipinski definition) is 1. The fraction of sp³-hybridized carbons (Fsp3) is 0.278. The predicted molar refractivity (Wildman–Crippen MR) is 92.4 cm³/mol. The van der Waals surface area contributed by atoms with Crippen molar-refractivity contribution in [1.82, 2.24) is 9.88 Å². The number of carbonyl (C=O) groups is 2. The van der Waals surface area contributed by atoms with Crippen molar-refractivity contribution in [2.45, 2.75) is 13.8 Å². The molecule has 0 spiro atoms. The number of amides is 2. The van der Waals surface area contributed by atoms with Crippen molar-refractivity contribution in [3.8, 4) is 5.75 Å². The zero-order chi connectivity index (χ0) is 17.5. The van der Waals surface area contributed by atoms with Crippen molar-refractivity contribution >= 4 is 17.5 Å². The van der Waals surface area contributed by atoms with Crippen LogP contribution in [0.15, 0.2) is 42.7 Å². The van der Waals surface area contributed by atoms with E-state index >= 15 is 0 Å². The number of anilines is 1. The lowest BCUT2D eigenvalue weighted by Gasteiger charge is -2.18. The summed E-state index contributed by atoms with van der Waals surface area (Å²) >= 11 is 0. The number of pyridine rings is 1. The maximum absolute atomic E-state index is 12.4. The molecule has 2 aromatic rings. The first-order valence-electron chi connectivity index (χ1n) is 7.78.